The van der Waals surface area contributed by atoms with Crippen molar-refractivity contribution in [3.05, 3.63) is 0 Å². The van der Waals surface area contributed by atoms with E-state index in [0.29, 0.717) is 12.1 Å². The first-order valence-corrected chi connectivity index (χ1v) is 12.9. The van der Waals surface area contributed by atoms with E-state index in [1.54, 1.807) is 0 Å². The third-order valence-electron chi connectivity index (χ3n) is 6.27. The van der Waals surface area contributed by atoms with Gasteiger partial charge in [0.1, 0.15) is 5.60 Å². The van der Waals surface area contributed by atoms with E-state index in [0.717, 1.165) is 19.3 Å². The van der Waals surface area contributed by atoms with Gasteiger partial charge in [0, 0.05) is 12.1 Å². The summed E-state index contributed by atoms with van der Waals surface area (Å²) >= 11 is 0. The van der Waals surface area contributed by atoms with Gasteiger partial charge in [0.05, 0.1) is 0 Å². The van der Waals surface area contributed by atoms with E-state index in [4.69, 9.17) is 4.74 Å². The minimum absolute atomic E-state index is 0.107. The number of amides is 1. The van der Waals surface area contributed by atoms with Crippen LogP contribution in [0, 0.1) is 0 Å². The van der Waals surface area contributed by atoms with Gasteiger partial charge in [0.15, 0.2) is 0 Å². The molecule has 0 aliphatic carbocycles. The first-order valence-electron chi connectivity index (χ1n) is 12.9. The quantitative estimate of drug-likeness (QED) is 0.269. The number of carbonyl (C=O) groups excluding carboxylic acids is 1. The second-order valence-corrected chi connectivity index (χ2v) is 10.4. The summed E-state index contributed by atoms with van der Waals surface area (Å²) in [6, 6.07) is 0.687. The molecule has 1 rings (SSSR count). The summed E-state index contributed by atoms with van der Waals surface area (Å²) in [5.41, 5.74) is -0.408. The van der Waals surface area contributed by atoms with E-state index < -0.39 is 5.60 Å². The van der Waals surface area contributed by atoms with Crippen molar-refractivity contribution >= 4 is 6.09 Å². The number of nitrogens with zero attached hydrogens (tertiary/aromatic N) is 1. The Morgan fingerprint density at radius 2 is 1.31 bits per heavy atom. The van der Waals surface area contributed by atoms with Gasteiger partial charge in [-0.2, -0.15) is 0 Å². The molecule has 29 heavy (non-hydrogen) atoms. The Balaban J connectivity index is 2.10. The lowest BCUT2D eigenvalue weighted by Crippen LogP contribution is -2.50. The number of hydrogen-bond acceptors (Lipinski definition) is 2. The Morgan fingerprint density at radius 3 is 1.79 bits per heavy atom. The summed E-state index contributed by atoms with van der Waals surface area (Å²) < 4.78 is 5.68. The van der Waals surface area contributed by atoms with Crippen molar-refractivity contribution < 1.29 is 9.53 Å². The minimum atomic E-state index is -0.408. The summed E-state index contributed by atoms with van der Waals surface area (Å²) in [5.74, 6) is 0. The molecule has 3 nitrogen and oxygen atoms in total. The zero-order valence-electron chi connectivity index (χ0n) is 20.4. The average molecular weight is 410 g/mol. The number of rotatable bonds is 14. The number of piperidine rings is 1. The second kappa shape index (κ2) is 15.1. The SMILES string of the molecule is CCCCCCCCCCCCCCC[C@H]1CCC[C@H](C)N1C(=O)OC(C)(C)C. The molecule has 0 saturated carbocycles. The van der Waals surface area contributed by atoms with Crippen LogP contribution < -0.4 is 0 Å². The standard InChI is InChI=1S/C26H51NO2/c1-6-7-8-9-10-11-12-13-14-15-16-17-18-21-24-22-19-20-23(2)27(24)25(28)29-26(3,4)5/h23-24H,6-22H2,1-5H3/t23-,24-/m0/s1. The van der Waals surface area contributed by atoms with Crippen LogP contribution in [0.25, 0.3) is 0 Å². The first kappa shape index (κ1) is 26.3. The van der Waals surface area contributed by atoms with Crippen molar-refractivity contribution in [3.8, 4) is 0 Å². The van der Waals surface area contributed by atoms with Crippen LogP contribution in [0.3, 0.4) is 0 Å². The predicted molar refractivity (Wildman–Crippen MR) is 125 cm³/mol. The summed E-state index contributed by atoms with van der Waals surface area (Å²) in [5, 5.41) is 0. The molecule has 1 fully saturated rings. The van der Waals surface area contributed by atoms with E-state index >= 15 is 0 Å². The molecule has 2 atom stereocenters. The van der Waals surface area contributed by atoms with Crippen LogP contribution in [0.1, 0.15) is 144 Å². The maximum absolute atomic E-state index is 12.7. The minimum Gasteiger partial charge on any atom is -0.444 e. The van der Waals surface area contributed by atoms with Gasteiger partial charge in [0.25, 0.3) is 0 Å². The van der Waals surface area contributed by atoms with E-state index in [-0.39, 0.29) is 6.09 Å². The van der Waals surface area contributed by atoms with Gasteiger partial charge in [-0.1, -0.05) is 90.4 Å². The molecule has 0 radical (unpaired) electrons. The molecule has 0 aromatic heterocycles. The van der Waals surface area contributed by atoms with Crippen LogP contribution in [0.4, 0.5) is 4.79 Å². The summed E-state index contributed by atoms with van der Waals surface area (Å²) in [6.45, 7) is 10.3. The Kier molecular flexibility index (Phi) is 13.7. The highest BCUT2D eigenvalue weighted by Gasteiger charge is 2.34. The van der Waals surface area contributed by atoms with Gasteiger partial charge in [-0.3, -0.25) is 0 Å². The number of carbonyl (C=O) groups is 1. The van der Waals surface area contributed by atoms with Crippen molar-refractivity contribution in [2.45, 2.75) is 161 Å². The van der Waals surface area contributed by atoms with Crippen molar-refractivity contribution in [2.24, 2.45) is 0 Å². The monoisotopic (exact) mass is 409 g/mol. The maximum Gasteiger partial charge on any atom is 0.410 e. The van der Waals surface area contributed by atoms with Crippen LogP contribution in [-0.4, -0.2) is 28.7 Å². The topological polar surface area (TPSA) is 29.5 Å². The van der Waals surface area contributed by atoms with E-state index in [9.17, 15) is 4.79 Å². The molecule has 1 aliphatic heterocycles. The van der Waals surface area contributed by atoms with Crippen molar-refractivity contribution in [2.75, 3.05) is 0 Å². The highest BCUT2D eigenvalue weighted by Crippen LogP contribution is 2.28. The van der Waals surface area contributed by atoms with Gasteiger partial charge in [-0.05, 0) is 53.4 Å². The van der Waals surface area contributed by atoms with E-state index in [2.05, 4.69) is 18.7 Å². The van der Waals surface area contributed by atoms with Crippen LogP contribution in [0.2, 0.25) is 0 Å². The van der Waals surface area contributed by atoms with Gasteiger partial charge >= 0.3 is 6.09 Å². The lowest BCUT2D eigenvalue weighted by atomic mass is 9.93. The largest absolute Gasteiger partial charge is 0.444 e. The number of unbranched alkanes of at least 4 members (excludes halogenated alkanes) is 12. The molecule has 0 unspecified atom stereocenters. The van der Waals surface area contributed by atoms with Crippen LogP contribution in [-0.2, 0) is 4.74 Å². The predicted octanol–water partition coefficient (Wildman–Crippen LogP) is 8.65. The third kappa shape index (κ3) is 12.5. The molecule has 0 aromatic rings. The van der Waals surface area contributed by atoms with Crippen molar-refractivity contribution in [1.29, 1.82) is 0 Å². The second-order valence-electron chi connectivity index (χ2n) is 10.4. The smallest absolute Gasteiger partial charge is 0.410 e. The lowest BCUT2D eigenvalue weighted by Gasteiger charge is -2.41. The fraction of sp³-hybridized carbons (Fsp3) is 0.962. The number of hydrogen-bond donors (Lipinski definition) is 0. The van der Waals surface area contributed by atoms with Gasteiger partial charge in [-0.15, -0.1) is 0 Å². The molecule has 1 aliphatic rings. The van der Waals surface area contributed by atoms with Crippen LogP contribution in [0.5, 0.6) is 0 Å². The summed E-state index contributed by atoms with van der Waals surface area (Å²) in [4.78, 5) is 14.7. The molecule has 1 heterocycles. The Hall–Kier alpha value is -0.730. The van der Waals surface area contributed by atoms with E-state index in [1.807, 2.05) is 20.8 Å². The molecular weight excluding hydrogens is 358 g/mol. The van der Waals surface area contributed by atoms with Crippen molar-refractivity contribution in [3.63, 3.8) is 0 Å². The van der Waals surface area contributed by atoms with Gasteiger partial charge < -0.3 is 9.64 Å². The highest BCUT2D eigenvalue weighted by molar-refractivity contribution is 5.69. The Morgan fingerprint density at radius 1 is 0.828 bits per heavy atom. The van der Waals surface area contributed by atoms with Crippen LogP contribution in [0.15, 0.2) is 0 Å². The number of likely N-dealkylation sites (tertiary alicyclic amines) is 1. The molecule has 0 spiro atoms. The molecule has 0 aromatic carbocycles. The fourth-order valence-corrected chi connectivity index (χ4v) is 4.61. The van der Waals surface area contributed by atoms with Crippen LogP contribution >= 0.6 is 0 Å². The normalized spacial score (nSPS) is 20.1. The third-order valence-corrected chi connectivity index (χ3v) is 6.27. The Bertz CT molecular complexity index is 415. The first-order chi connectivity index (χ1) is 13.8. The molecular formula is C26H51NO2. The molecule has 0 N–H and O–H groups in total. The zero-order chi connectivity index (χ0) is 21.5. The molecule has 1 amide bonds. The fourth-order valence-electron chi connectivity index (χ4n) is 4.61. The van der Waals surface area contributed by atoms with Crippen molar-refractivity contribution in [1.82, 2.24) is 4.90 Å². The number of ether oxygens (including phenoxy) is 1. The molecule has 0 bridgehead atoms. The maximum atomic E-state index is 12.7. The van der Waals surface area contributed by atoms with Gasteiger partial charge in [0.2, 0.25) is 0 Å². The highest BCUT2D eigenvalue weighted by atomic mass is 16.6. The summed E-state index contributed by atoms with van der Waals surface area (Å²) in [7, 11) is 0. The zero-order valence-corrected chi connectivity index (χ0v) is 20.4. The van der Waals surface area contributed by atoms with E-state index in [1.165, 1.54) is 89.9 Å². The van der Waals surface area contributed by atoms with Gasteiger partial charge in [-0.25, -0.2) is 4.79 Å². The lowest BCUT2D eigenvalue weighted by molar-refractivity contribution is -0.00430. The molecule has 3 heteroatoms. The molecule has 172 valence electrons. The average Bonchev–Trinajstić information content (AvgIpc) is 2.64. The Labute approximate surface area is 182 Å². The summed E-state index contributed by atoms with van der Waals surface area (Å²) in [6.07, 6.45) is 22.6. The molecule has 1 saturated heterocycles.